The third-order valence-corrected chi connectivity index (χ3v) is 4.99. The van der Waals surface area contributed by atoms with Crippen LogP contribution in [0.1, 0.15) is 56.4 Å². The molecule has 0 spiro atoms. The zero-order valence-corrected chi connectivity index (χ0v) is 14.9. The van der Waals surface area contributed by atoms with Crippen LogP contribution < -0.4 is 5.32 Å². The Balaban J connectivity index is 1.94. The molecule has 3 nitrogen and oxygen atoms in total. The molecule has 1 aliphatic rings. The largest absolute Gasteiger partial charge is 0.314 e. The van der Waals surface area contributed by atoms with Gasteiger partial charge >= 0.3 is 0 Å². The normalized spacial score (nSPS) is 16.5. The Morgan fingerprint density at radius 3 is 2.29 bits per heavy atom. The van der Waals surface area contributed by atoms with Crippen LogP contribution in [0, 0.1) is 19.8 Å². The summed E-state index contributed by atoms with van der Waals surface area (Å²) in [6.45, 7) is 12.1. The lowest BCUT2D eigenvalue weighted by Crippen LogP contribution is -2.25. The van der Waals surface area contributed by atoms with E-state index in [1.165, 1.54) is 29.8 Å². The smallest absolute Gasteiger partial charge is 0.138 e. The third-order valence-electron chi connectivity index (χ3n) is 3.90. The second-order valence-corrected chi connectivity index (χ2v) is 8.21. The maximum Gasteiger partial charge on any atom is 0.138 e. The number of nitrogens with zero attached hydrogens (tertiary/aromatic N) is 2. The van der Waals surface area contributed by atoms with Crippen LogP contribution in [-0.2, 0) is 12.2 Å². The minimum atomic E-state index is 0.627. The van der Waals surface area contributed by atoms with Crippen molar-refractivity contribution in [2.24, 2.45) is 5.92 Å². The van der Waals surface area contributed by atoms with Crippen LogP contribution in [0.4, 0.5) is 0 Å². The lowest BCUT2D eigenvalue weighted by Gasteiger charge is -2.16. The monoisotopic (exact) mass is 307 g/mol. The van der Waals surface area contributed by atoms with Crippen molar-refractivity contribution in [2.75, 3.05) is 6.54 Å². The van der Waals surface area contributed by atoms with Crippen LogP contribution in [0.3, 0.4) is 0 Å². The predicted molar refractivity (Wildman–Crippen MR) is 91.8 cm³/mol. The standard InChI is InChI=1S/C17H29N3S/c1-11(2)21-10-17-19-13(4)16(14(5)20-17)8-12(3)9-18-15-6-7-15/h11-12,15,18H,6-10H2,1-5H3. The first-order valence-electron chi connectivity index (χ1n) is 8.13. The van der Waals surface area contributed by atoms with Crippen molar-refractivity contribution in [1.82, 2.24) is 15.3 Å². The van der Waals surface area contributed by atoms with Crippen LogP contribution in [0.25, 0.3) is 0 Å². The minimum Gasteiger partial charge on any atom is -0.314 e. The molecule has 0 bridgehead atoms. The van der Waals surface area contributed by atoms with Crippen LogP contribution in [0.15, 0.2) is 0 Å². The average molecular weight is 308 g/mol. The first-order valence-corrected chi connectivity index (χ1v) is 9.18. The molecule has 118 valence electrons. The van der Waals surface area contributed by atoms with E-state index >= 15 is 0 Å². The van der Waals surface area contributed by atoms with Crippen molar-refractivity contribution in [2.45, 2.75) is 70.9 Å². The number of aryl methyl sites for hydroxylation is 2. The van der Waals surface area contributed by atoms with Gasteiger partial charge in [0, 0.05) is 17.4 Å². The summed E-state index contributed by atoms with van der Waals surface area (Å²) in [5, 5.41) is 4.24. The van der Waals surface area contributed by atoms with Gasteiger partial charge in [-0.25, -0.2) is 9.97 Å². The summed E-state index contributed by atoms with van der Waals surface area (Å²) < 4.78 is 0. The highest BCUT2D eigenvalue weighted by molar-refractivity contribution is 7.99. The molecule has 0 radical (unpaired) electrons. The van der Waals surface area contributed by atoms with E-state index in [-0.39, 0.29) is 0 Å². The SMILES string of the molecule is Cc1nc(CSC(C)C)nc(C)c1CC(C)CNC1CC1. The lowest BCUT2D eigenvalue weighted by atomic mass is 9.98. The zero-order valence-electron chi connectivity index (χ0n) is 14.1. The van der Waals surface area contributed by atoms with Crippen molar-refractivity contribution in [1.29, 1.82) is 0 Å². The molecule has 1 aromatic rings. The number of nitrogens with one attached hydrogen (secondary N) is 1. The highest BCUT2D eigenvalue weighted by atomic mass is 32.2. The van der Waals surface area contributed by atoms with Crippen LogP contribution >= 0.6 is 11.8 Å². The number of hydrogen-bond donors (Lipinski definition) is 1. The minimum absolute atomic E-state index is 0.627. The molecule has 1 unspecified atom stereocenters. The summed E-state index contributed by atoms with van der Waals surface area (Å²) in [6.07, 6.45) is 3.79. The van der Waals surface area contributed by atoms with E-state index in [1.54, 1.807) is 0 Å². The molecule has 0 aliphatic heterocycles. The molecular formula is C17H29N3S. The molecule has 1 fully saturated rings. The topological polar surface area (TPSA) is 37.8 Å². The highest BCUT2D eigenvalue weighted by Crippen LogP contribution is 2.21. The van der Waals surface area contributed by atoms with E-state index in [0.29, 0.717) is 11.2 Å². The molecule has 1 aliphatic carbocycles. The number of rotatable bonds is 8. The Bertz CT molecular complexity index is 446. The fraction of sp³-hybridized carbons (Fsp3) is 0.765. The fourth-order valence-corrected chi connectivity index (χ4v) is 3.10. The first kappa shape index (κ1) is 16.8. The van der Waals surface area contributed by atoms with Crippen LogP contribution in [0.5, 0.6) is 0 Å². The van der Waals surface area contributed by atoms with Gasteiger partial charge in [0.05, 0.1) is 5.75 Å². The summed E-state index contributed by atoms with van der Waals surface area (Å²) in [5.74, 6) is 2.54. The molecule has 0 aromatic carbocycles. The number of thioether (sulfide) groups is 1. The van der Waals surface area contributed by atoms with Crippen molar-refractivity contribution in [3.05, 3.63) is 22.8 Å². The van der Waals surface area contributed by atoms with Gasteiger partial charge in [-0.15, -0.1) is 0 Å². The first-order chi connectivity index (χ1) is 9.95. The van der Waals surface area contributed by atoms with Crippen molar-refractivity contribution >= 4 is 11.8 Å². The predicted octanol–water partition coefficient (Wildman–Crippen LogP) is 3.67. The maximum absolute atomic E-state index is 4.71. The van der Waals surface area contributed by atoms with Gasteiger partial charge in [-0.05, 0) is 56.4 Å². The van der Waals surface area contributed by atoms with E-state index < -0.39 is 0 Å². The highest BCUT2D eigenvalue weighted by Gasteiger charge is 2.21. The van der Waals surface area contributed by atoms with Crippen molar-refractivity contribution in [3.63, 3.8) is 0 Å². The van der Waals surface area contributed by atoms with Gasteiger partial charge in [-0.3, -0.25) is 0 Å². The Morgan fingerprint density at radius 1 is 1.14 bits per heavy atom. The van der Waals surface area contributed by atoms with Crippen molar-refractivity contribution in [3.8, 4) is 0 Å². The van der Waals surface area contributed by atoms with E-state index in [9.17, 15) is 0 Å². The van der Waals surface area contributed by atoms with Gasteiger partial charge in [0.1, 0.15) is 5.82 Å². The van der Waals surface area contributed by atoms with E-state index in [4.69, 9.17) is 9.97 Å². The molecule has 4 heteroatoms. The Kier molecular flexibility index (Phi) is 6.06. The third kappa shape index (κ3) is 5.59. The van der Waals surface area contributed by atoms with Gasteiger partial charge < -0.3 is 5.32 Å². The Labute approximate surface area is 133 Å². The molecule has 0 saturated heterocycles. The Morgan fingerprint density at radius 2 is 1.76 bits per heavy atom. The molecular weight excluding hydrogens is 278 g/mol. The zero-order chi connectivity index (χ0) is 15.4. The van der Waals surface area contributed by atoms with Crippen LogP contribution in [-0.4, -0.2) is 27.8 Å². The van der Waals surface area contributed by atoms with Gasteiger partial charge in [0.25, 0.3) is 0 Å². The summed E-state index contributed by atoms with van der Waals surface area (Å²) in [6, 6.07) is 0.793. The van der Waals surface area contributed by atoms with Crippen LogP contribution in [0.2, 0.25) is 0 Å². The summed E-state index contributed by atoms with van der Waals surface area (Å²) in [7, 11) is 0. The van der Waals surface area contributed by atoms with Crippen molar-refractivity contribution < 1.29 is 0 Å². The quantitative estimate of drug-likeness (QED) is 0.795. The average Bonchev–Trinajstić information content (AvgIpc) is 3.22. The van der Waals surface area contributed by atoms with Gasteiger partial charge in [0.15, 0.2) is 0 Å². The Hall–Kier alpha value is -0.610. The summed E-state index contributed by atoms with van der Waals surface area (Å²) in [4.78, 5) is 9.43. The number of hydrogen-bond acceptors (Lipinski definition) is 4. The van der Waals surface area contributed by atoms with Gasteiger partial charge in [-0.2, -0.15) is 11.8 Å². The number of aromatic nitrogens is 2. The second kappa shape index (κ2) is 7.59. The molecule has 1 atom stereocenters. The summed E-state index contributed by atoms with van der Waals surface area (Å²) >= 11 is 1.90. The molecule has 2 rings (SSSR count). The summed E-state index contributed by atoms with van der Waals surface area (Å²) in [5.41, 5.74) is 3.68. The molecule has 21 heavy (non-hydrogen) atoms. The maximum atomic E-state index is 4.71. The van der Waals surface area contributed by atoms with E-state index in [1.807, 2.05) is 11.8 Å². The van der Waals surface area contributed by atoms with E-state index in [0.717, 1.165) is 30.6 Å². The molecule has 1 saturated carbocycles. The fourth-order valence-electron chi connectivity index (χ4n) is 2.49. The second-order valence-electron chi connectivity index (χ2n) is 6.64. The van der Waals surface area contributed by atoms with Gasteiger partial charge in [0.2, 0.25) is 0 Å². The van der Waals surface area contributed by atoms with E-state index in [2.05, 4.69) is 39.9 Å². The molecule has 1 aromatic heterocycles. The lowest BCUT2D eigenvalue weighted by molar-refractivity contribution is 0.505. The molecule has 0 amide bonds. The molecule has 1 N–H and O–H groups in total. The van der Waals surface area contributed by atoms with Gasteiger partial charge in [-0.1, -0.05) is 20.8 Å². The molecule has 1 heterocycles.